The summed E-state index contributed by atoms with van der Waals surface area (Å²) in [6, 6.07) is 9.33. The minimum Gasteiger partial charge on any atom is -0.427 e. The Hall–Kier alpha value is -8.10. The maximum atomic E-state index is 14.1. The summed E-state index contributed by atoms with van der Waals surface area (Å²) in [5.41, 5.74) is 0.313. The highest BCUT2D eigenvalue weighted by molar-refractivity contribution is 8.00. The van der Waals surface area contributed by atoms with Crippen molar-refractivity contribution in [2.45, 2.75) is 157 Å². The number of carbonyl (C=O) groups is 11. The Labute approximate surface area is 490 Å². The molecule has 27 heteroatoms. The van der Waals surface area contributed by atoms with Gasteiger partial charge in [-0.3, -0.25) is 53.4 Å². The average molecular weight is 1200 g/mol. The third-order valence-electron chi connectivity index (χ3n) is 16.3. The summed E-state index contributed by atoms with van der Waals surface area (Å²) in [6.45, 7) is -0.0667. The predicted octanol–water partition coefficient (Wildman–Crippen LogP) is 5.43. The highest BCUT2D eigenvalue weighted by Crippen LogP contribution is 2.46. The molecule has 1 spiro atoms. The van der Waals surface area contributed by atoms with Crippen LogP contribution in [0.25, 0.3) is 0 Å². The number of fused-ring (bicyclic) bond motifs is 4. The molecule has 4 saturated heterocycles. The van der Waals surface area contributed by atoms with Crippen LogP contribution >= 0.6 is 11.8 Å². The molecule has 7 atom stereocenters. The fourth-order valence-corrected chi connectivity index (χ4v) is 13.1. The Bertz CT molecular complexity index is 3150. The number of halogens is 4. The van der Waals surface area contributed by atoms with E-state index in [0.29, 0.717) is 84.8 Å². The molecule has 12 amide bonds. The molecular weight excluding hydrogens is 1140 g/mol. The van der Waals surface area contributed by atoms with E-state index in [1.807, 2.05) is 0 Å². The van der Waals surface area contributed by atoms with Crippen molar-refractivity contribution in [2.75, 3.05) is 36.0 Å². The first kappa shape index (κ1) is 61.5. The van der Waals surface area contributed by atoms with Crippen molar-refractivity contribution in [2.24, 2.45) is 0 Å². The number of ether oxygens (including phenoxy) is 1. The Morgan fingerprint density at radius 3 is 2.32 bits per heavy atom. The minimum absolute atomic E-state index is 0.0191. The topological polar surface area (TPSA) is 291 Å². The second-order valence-electron chi connectivity index (χ2n) is 22.1. The van der Waals surface area contributed by atoms with Crippen LogP contribution in [0.1, 0.15) is 134 Å². The maximum Gasteiger partial charge on any atom is 0.418 e. The van der Waals surface area contributed by atoms with Crippen molar-refractivity contribution in [3.8, 4) is 0 Å². The monoisotopic (exact) mass is 1200 g/mol. The standard InChI is InChI=1S/C58H66F4N10O12S/c1-32(58(60,61)62)70(29-33-13-15-35(59)16-14-33)48(76)30-71-54(81)57(84-56(71)83)24-23-34-27-37(18-20-40(34)57)65-50(77)41(66-46(74)12-5-4-10-44-49-42(31-85-44)67-55(82)69-49)9-6-8-26-64-45(73)11-3-2-7-25-63-36-17-19-38-39(28-36)53(80)72(52(38)79)43-21-22-47(75)68-51(43)78/h13-20,27-28,32,41-44,49,63H,2-12,21-26,29-31H2,1H3,(H,64,73)(H,65,77)(H,66,74)(H2,67,69,82)(H,68,75,78)/t32-,41?,42-,43?,44-,49-,57+/m0/s1. The molecule has 4 fully saturated rings. The van der Waals surface area contributed by atoms with E-state index in [0.717, 1.165) is 36.1 Å². The molecule has 7 N–H and O–H groups in total. The SMILES string of the molecule is C[C@H](N(Cc1ccc(F)cc1)C(=O)CN1C(=O)O[C@@]2(CCc3cc(NC(=O)C(CCCCNC(=O)CCCCCNc4ccc5c(c4)C(=O)N(C4CCC(=O)NC4=O)C5=O)NC(=O)CCCC[C@@H]4SC[C@@H]5NC(=O)N[C@@H]54)ccc32)C1=O)C(F)(F)F. The number of aryl methyl sites for hydroxylation is 1. The van der Waals surface area contributed by atoms with Gasteiger partial charge in [-0.2, -0.15) is 24.9 Å². The van der Waals surface area contributed by atoms with Gasteiger partial charge in [-0.05, 0) is 118 Å². The van der Waals surface area contributed by atoms with E-state index in [-0.39, 0.29) is 102 Å². The number of urea groups is 1. The largest absolute Gasteiger partial charge is 0.427 e. The van der Waals surface area contributed by atoms with Gasteiger partial charge in [0.1, 0.15) is 30.5 Å². The van der Waals surface area contributed by atoms with E-state index in [1.165, 1.54) is 30.3 Å². The molecule has 1 aliphatic carbocycles. The smallest absolute Gasteiger partial charge is 0.418 e. The van der Waals surface area contributed by atoms with Gasteiger partial charge in [0, 0.05) is 73.3 Å². The highest BCUT2D eigenvalue weighted by atomic mass is 32.2. The van der Waals surface area contributed by atoms with E-state index < -0.39 is 96.3 Å². The third kappa shape index (κ3) is 14.2. The lowest BCUT2D eigenvalue weighted by atomic mass is 9.94. The summed E-state index contributed by atoms with van der Waals surface area (Å²) < 4.78 is 61.2. The Balaban J connectivity index is 0.744. The number of hydrogen-bond acceptors (Lipinski definition) is 14. The van der Waals surface area contributed by atoms with E-state index in [9.17, 15) is 70.3 Å². The zero-order chi connectivity index (χ0) is 60.7. The van der Waals surface area contributed by atoms with Crippen molar-refractivity contribution in [3.63, 3.8) is 0 Å². The molecule has 2 unspecified atom stereocenters. The van der Waals surface area contributed by atoms with Crippen LogP contribution in [0.5, 0.6) is 0 Å². The molecule has 0 saturated carbocycles. The van der Waals surface area contributed by atoms with Crippen LogP contribution in [0, 0.1) is 5.82 Å². The van der Waals surface area contributed by atoms with Gasteiger partial charge in [0.15, 0.2) is 0 Å². The first-order chi connectivity index (χ1) is 40.6. The zero-order valence-electron chi connectivity index (χ0n) is 46.5. The van der Waals surface area contributed by atoms with Crippen molar-refractivity contribution < 1.29 is 75.0 Å². The van der Waals surface area contributed by atoms with Crippen LogP contribution in [-0.2, 0) is 56.9 Å². The number of rotatable bonds is 26. The van der Waals surface area contributed by atoms with Crippen LogP contribution in [0.3, 0.4) is 0 Å². The van der Waals surface area contributed by atoms with Crippen LogP contribution < -0.4 is 37.2 Å². The number of amides is 12. The van der Waals surface area contributed by atoms with Crippen molar-refractivity contribution in [1.29, 1.82) is 0 Å². The van der Waals surface area contributed by atoms with E-state index >= 15 is 0 Å². The molecule has 5 heterocycles. The molecule has 22 nitrogen and oxygen atoms in total. The summed E-state index contributed by atoms with van der Waals surface area (Å²) in [5.74, 6) is -5.37. The molecular formula is C58H66F4N10O12S. The van der Waals surface area contributed by atoms with Crippen LogP contribution in [0.4, 0.5) is 38.5 Å². The molecule has 3 aromatic rings. The first-order valence-corrected chi connectivity index (χ1v) is 29.6. The van der Waals surface area contributed by atoms with Crippen molar-refractivity contribution >= 4 is 88.4 Å². The maximum absolute atomic E-state index is 14.1. The molecule has 5 aliphatic heterocycles. The number of carbonyl (C=O) groups excluding carboxylic acids is 11. The van der Waals surface area contributed by atoms with E-state index in [2.05, 4.69) is 37.2 Å². The van der Waals surface area contributed by atoms with Gasteiger partial charge < -0.3 is 41.5 Å². The van der Waals surface area contributed by atoms with Gasteiger partial charge in [-0.15, -0.1) is 0 Å². The van der Waals surface area contributed by atoms with Crippen molar-refractivity contribution in [1.82, 2.24) is 41.3 Å². The molecule has 3 aromatic carbocycles. The summed E-state index contributed by atoms with van der Waals surface area (Å²) >= 11 is 1.77. The number of alkyl halides is 3. The Morgan fingerprint density at radius 1 is 0.824 bits per heavy atom. The third-order valence-corrected chi connectivity index (χ3v) is 17.8. The fourth-order valence-electron chi connectivity index (χ4n) is 11.6. The van der Waals surface area contributed by atoms with E-state index in [1.54, 1.807) is 30.0 Å². The summed E-state index contributed by atoms with van der Waals surface area (Å²) in [6.07, 6.45) is -0.374. The number of anilines is 2. The number of imide groups is 3. The Morgan fingerprint density at radius 2 is 1.55 bits per heavy atom. The number of nitrogens with zero attached hydrogens (tertiary/aromatic N) is 3. The Kier molecular flexibility index (Phi) is 19.1. The van der Waals surface area contributed by atoms with E-state index in [4.69, 9.17) is 4.74 Å². The lowest BCUT2D eigenvalue weighted by molar-refractivity contribution is -0.187. The van der Waals surface area contributed by atoms with Gasteiger partial charge in [0.2, 0.25) is 41.0 Å². The first-order valence-electron chi connectivity index (χ1n) is 28.5. The molecule has 0 bridgehead atoms. The van der Waals surface area contributed by atoms with Crippen LogP contribution in [-0.4, -0.2) is 147 Å². The second-order valence-corrected chi connectivity index (χ2v) is 23.4. The predicted molar refractivity (Wildman–Crippen MR) is 299 cm³/mol. The number of benzene rings is 3. The van der Waals surface area contributed by atoms with Crippen LogP contribution in [0.2, 0.25) is 0 Å². The van der Waals surface area contributed by atoms with Gasteiger partial charge in [0.05, 0.1) is 23.2 Å². The normalized spacial score (nSPS) is 22.1. The number of thioether (sulfide) groups is 1. The molecule has 0 aromatic heterocycles. The van der Waals surface area contributed by atoms with Gasteiger partial charge in [0.25, 0.3) is 17.7 Å². The van der Waals surface area contributed by atoms with Crippen molar-refractivity contribution in [3.05, 3.63) is 94.3 Å². The molecule has 0 radical (unpaired) electrons. The number of unbranched alkanes of at least 4 members (excludes halogenated alkanes) is 4. The zero-order valence-corrected chi connectivity index (χ0v) is 47.4. The summed E-state index contributed by atoms with van der Waals surface area (Å²) in [4.78, 5) is 145. The number of piperidine rings is 1. The lowest BCUT2D eigenvalue weighted by Gasteiger charge is -2.31. The van der Waals surface area contributed by atoms with Gasteiger partial charge >= 0.3 is 18.3 Å². The second kappa shape index (κ2) is 26.4. The molecule has 454 valence electrons. The molecule has 6 aliphatic rings. The minimum atomic E-state index is -4.88. The quantitative estimate of drug-likeness (QED) is 0.0228. The number of hydrogen-bond donors (Lipinski definition) is 7. The van der Waals surface area contributed by atoms with Gasteiger partial charge in [-0.1, -0.05) is 31.0 Å². The average Bonchev–Trinajstić information content (AvgIpc) is 1.72. The van der Waals surface area contributed by atoms with Crippen LogP contribution in [0.15, 0.2) is 60.7 Å². The lowest BCUT2D eigenvalue weighted by Crippen LogP contribution is -2.54. The number of nitrogens with one attached hydrogen (secondary N) is 7. The van der Waals surface area contributed by atoms with Gasteiger partial charge in [-0.25, -0.2) is 18.9 Å². The highest BCUT2D eigenvalue weighted by Gasteiger charge is 2.59. The fraction of sp³-hybridized carbons (Fsp3) is 0.500. The summed E-state index contributed by atoms with van der Waals surface area (Å²) in [5, 5.41) is 20.1. The molecule has 85 heavy (non-hydrogen) atoms. The molecule has 9 rings (SSSR count). The summed E-state index contributed by atoms with van der Waals surface area (Å²) in [7, 11) is 0.